The predicted molar refractivity (Wildman–Crippen MR) is 128 cm³/mol. The van der Waals surface area contributed by atoms with Gasteiger partial charge in [0.15, 0.2) is 11.7 Å². The number of carbonyl (C=O) groups excluding carboxylic acids is 3. The SMILES string of the molecule is Cc1cc(C(=O)COC(=O)CCNC(=O)c2ccc(C(C)(C)C)cc2)c(C)n1-c1nccs1. The maximum Gasteiger partial charge on any atom is 0.308 e. The fourth-order valence-electron chi connectivity index (χ4n) is 3.46. The van der Waals surface area contributed by atoms with Crippen LogP contribution in [0.4, 0.5) is 0 Å². The highest BCUT2D eigenvalue weighted by atomic mass is 32.1. The van der Waals surface area contributed by atoms with E-state index in [4.69, 9.17) is 4.74 Å². The lowest BCUT2D eigenvalue weighted by atomic mass is 9.87. The van der Waals surface area contributed by atoms with Crippen LogP contribution in [0.25, 0.3) is 5.13 Å². The van der Waals surface area contributed by atoms with E-state index in [1.807, 2.05) is 35.9 Å². The van der Waals surface area contributed by atoms with Crippen LogP contribution >= 0.6 is 11.3 Å². The minimum absolute atomic E-state index is 0.0108. The van der Waals surface area contributed by atoms with Crippen LogP contribution in [0.5, 0.6) is 0 Å². The third-order valence-corrected chi connectivity index (χ3v) is 6.09. The van der Waals surface area contributed by atoms with E-state index in [-0.39, 0.29) is 36.7 Å². The minimum atomic E-state index is -0.541. The molecule has 33 heavy (non-hydrogen) atoms. The molecule has 1 aromatic carbocycles. The first-order valence-electron chi connectivity index (χ1n) is 10.7. The van der Waals surface area contributed by atoms with Crippen LogP contribution in [0.1, 0.15) is 64.9 Å². The van der Waals surface area contributed by atoms with Crippen molar-refractivity contribution in [3.8, 4) is 5.13 Å². The van der Waals surface area contributed by atoms with E-state index in [9.17, 15) is 14.4 Å². The van der Waals surface area contributed by atoms with Crippen LogP contribution in [0.15, 0.2) is 41.9 Å². The summed E-state index contributed by atoms with van der Waals surface area (Å²) in [6.45, 7) is 9.85. The van der Waals surface area contributed by atoms with Crippen LogP contribution in [0.2, 0.25) is 0 Å². The van der Waals surface area contributed by atoms with Crippen molar-refractivity contribution in [3.63, 3.8) is 0 Å². The third-order valence-electron chi connectivity index (χ3n) is 5.33. The van der Waals surface area contributed by atoms with Gasteiger partial charge in [0.25, 0.3) is 5.91 Å². The molecule has 3 rings (SSSR count). The van der Waals surface area contributed by atoms with Gasteiger partial charge in [-0.3, -0.25) is 19.0 Å². The zero-order valence-electron chi connectivity index (χ0n) is 19.6. The summed E-state index contributed by atoms with van der Waals surface area (Å²) in [5.41, 5.74) is 3.82. The summed E-state index contributed by atoms with van der Waals surface area (Å²) in [6.07, 6.45) is 1.69. The highest BCUT2D eigenvalue weighted by molar-refractivity contribution is 7.12. The Morgan fingerprint density at radius 2 is 1.82 bits per heavy atom. The molecular weight excluding hydrogens is 438 g/mol. The monoisotopic (exact) mass is 467 g/mol. The van der Waals surface area contributed by atoms with Gasteiger partial charge in [0, 0.05) is 40.6 Å². The molecule has 0 bridgehead atoms. The van der Waals surface area contributed by atoms with Crippen molar-refractivity contribution < 1.29 is 19.1 Å². The maximum absolute atomic E-state index is 12.6. The average Bonchev–Trinajstić information content (AvgIpc) is 3.39. The molecule has 0 spiro atoms. The number of ketones is 1. The number of nitrogens with zero attached hydrogens (tertiary/aromatic N) is 2. The van der Waals surface area contributed by atoms with Gasteiger partial charge in [-0.25, -0.2) is 4.98 Å². The summed E-state index contributed by atoms with van der Waals surface area (Å²) in [4.78, 5) is 41.2. The molecule has 174 valence electrons. The number of aromatic nitrogens is 2. The van der Waals surface area contributed by atoms with Gasteiger partial charge in [-0.05, 0) is 43.0 Å². The second-order valence-corrected chi connectivity index (χ2v) is 9.73. The van der Waals surface area contributed by atoms with E-state index in [0.29, 0.717) is 11.1 Å². The second-order valence-electron chi connectivity index (χ2n) is 8.85. The molecule has 1 N–H and O–H groups in total. The first-order valence-corrected chi connectivity index (χ1v) is 11.6. The van der Waals surface area contributed by atoms with Gasteiger partial charge in [0.1, 0.15) is 0 Å². The van der Waals surface area contributed by atoms with E-state index < -0.39 is 5.97 Å². The number of benzene rings is 1. The summed E-state index contributed by atoms with van der Waals surface area (Å²) in [6, 6.07) is 9.18. The molecule has 2 heterocycles. The number of carbonyl (C=O) groups is 3. The van der Waals surface area contributed by atoms with Gasteiger partial charge < -0.3 is 10.1 Å². The molecule has 1 amide bonds. The lowest BCUT2D eigenvalue weighted by molar-refractivity contribution is -0.142. The Bertz CT molecular complexity index is 1140. The number of amides is 1. The highest BCUT2D eigenvalue weighted by Gasteiger charge is 2.19. The first-order chi connectivity index (χ1) is 15.6. The molecule has 0 fully saturated rings. The lowest BCUT2D eigenvalue weighted by Gasteiger charge is -2.19. The van der Waals surface area contributed by atoms with E-state index in [2.05, 4.69) is 31.1 Å². The van der Waals surface area contributed by atoms with E-state index >= 15 is 0 Å². The standard InChI is InChI=1S/C25H29N3O4S/c1-16-14-20(17(2)28(16)24-27-12-13-33-24)21(29)15-32-22(30)10-11-26-23(31)18-6-8-19(9-7-18)25(3,4)5/h6-9,12-14H,10-11,15H2,1-5H3,(H,26,31). The van der Waals surface area contributed by atoms with Crippen LogP contribution in [0, 0.1) is 13.8 Å². The molecule has 0 aliphatic heterocycles. The maximum atomic E-state index is 12.6. The highest BCUT2D eigenvalue weighted by Crippen LogP contribution is 2.23. The number of Topliss-reactive ketones (excluding diaryl/α,β-unsaturated/α-hetero) is 1. The number of rotatable bonds is 8. The van der Waals surface area contributed by atoms with Crippen LogP contribution in [-0.4, -0.2) is 40.4 Å². The van der Waals surface area contributed by atoms with Crippen LogP contribution in [0.3, 0.4) is 0 Å². The molecule has 8 heteroatoms. The topological polar surface area (TPSA) is 90.3 Å². The molecule has 0 aliphatic rings. The number of hydrogen-bond donors (Lipinski definition) is 1. The molecule has 0 unspecified atom stereocenters. The molecule has 2 aromatic heterocycles. The third kappa shape index (κ3) is 5.96. The van der Waals surface area contributed by atoms with Crippen molar-refractivity contribution in [1.29, 1.82) is 0 Å². The number of ether oxygens (including phenoxy) is 1. The van der Waals surface area contributed by atoms with E-state index in [0.717, 1.165) is 22.1 Å². The Morgan fingerprint density at radius 1 is 1.12 bits per heavy atom. The van der Waals surface area contributed by atoms with Gasteiger partial charge in [0.05, 0.1) is 6.42 Å². The summed E-state index contributed by atoms with van der Waals surface area (Å²) < 4.78 is 7.04. The Morgan fingerprint density at radius 3 is 2.42 bits per heavy atom. The summed E-state index contributed by atoms with van der Waals surface area (Å²) in [7, 11) is 0. The van der Waals surface area contributed by atoms with Gasteiger partial charge >= 0.3 is 5.97 Å². The average molecular weight is 468 g/mol. The molecule has 3 aromatic rings. The van der Waals surface area contributed by atoms with Crippen LogP contribution < -0.4 is 5.32 Å². The molecular formula is C25H29N3O4S. The number of thiazole rings is 1. The Hall–Kier alpha value is -3.26. The summed E-state index contributed by atoms with van der Waals surface area (Å²) in [5.74, 6) is -1.07. The normalized spacial score (nSPS) is 11.3. The summed E-state index contributed by atoms with van der Waals surface area (Å²) in [5, 5.41) is 5.36. The zero-order chi connectivity index (χ0) is 24.2. The number of hydrogen-bond acceptors (Lipinski definition) is 6. The smallest absolute Gasteiger partial charge is 0.308 e. The second kappa shape index (κ2) is 10.1. The van der Waals surface area contributed by atoms with Gasteiger partial charge in [0.2, 0.25) is 5.78 Å². The molecule has 7 nitrogen and oxygen atoms in total. The largest absolute Gasteiger partial charge is 0.457 e. The first kappa shape index (κ1) is 24.4. The van der Waals surface area contributed by atoms with Crippen molar-refractivity contribution in [2.75, 3.05) is 13.2 Å². The minimum Gasteiger partial charge on any atom is -0.457 e. The summed E-state index contributed by atoms with van der Waals surface area (Å²) >= 11 is 1.48. The Balaban J connectivity index is 1.47. The zero-order valence-corrected chi connectivity index (χ0v) is 20.4. The van der Waals surface area contributed by atoms with Crippen LogP contribution in [-0.2, 0) is 14.9 Å². The van der Waals surface area contributed by atoms with Crippen molar-refractivity contribution in [3.05, 3.63) is 70.0 Å². The quantitative estimate of drug-likeness (QED) is 0.392. The fourth-order valence-corrected chi connectivity index (χ4v) is 4.21. The lowest BCUT2D eigenvalue weighted by Crippen LogP contribution is -2.27. The number of nitrogens with one attached hydrogen (secondary N) is 1. The fraction of sp³-hybridized carbons (Fsp3) is 0.360. The predicted octanol–water partition coefficient (Wildman–Crippen LogP) is 4.39. The van der Waals surface area contributed by atoms with Gasteiger partial charge in [-0.1, -0.05) is 32.9 Å². The number of aryl methyl sites for hydroxylation is 1. The van der Waals surface area contributed by atoms with E-state index in [1.54, 1.807) is 24.4 Å². The van der Waals surface area contributed by atoms with Crippen molar-refractivity contribution >= 4 is 29.0 Å². The number of esters is 1. The Labute approximate surface area is 197 Å². The molecule has 0 radical (unpaired) electrons. The van der Waals surface area contributed by atoms with Gasteiger partial charge in [-0.15, -0.1) is 11.3 Å². The molecule has 0 saturated heterocycles. The van der Waals surface area contributed by atoms with Crippen molar-refractivity contribution in [1.82, 2.24) is 14.9 Å². The van der Waals surface area contributed by atoms with Gasteiger partial charge in [-0.2, -0.15) is 0 Å². The molecule has 0 aliphatic carbocycles. The van der Waals surface area contributed by atoms with Crippen molar-refractivity contribution in [2.45, 2.75) is 46.5 Å². The van der Waals surface area contributed by atoms with E-state index in [1.165, 1.54) is 11.3 Å². The Kier molecular flexibility index (Phi) is 7.48. The molecule has 0 atom stereocenters. The molecule has 0 saturated carbocycles. The van der Waals surface area contributed by atoms with Crippen molar-refractivity contribution in [2.24, 2.45) is 0 Å².